The van der Waals surface area contributed by atoms with Crippen LogP contribution in [0.1, 0.15) is 28.6 Å². The summed E-state index contributed by atoms with van der Waals surface area (Å²) in [5, 5.41) is 15.6. The molecule has 5 atom stereocenters. The fraction of sp³-hybridized carbons (Fsp3) is 0.429. The van der Waals surface area contributed by atoms with Crippen LogP contribution in [-0.4, -0.2) is 91.6 Å². The van der Waals surface area contributed by atoms with E-state index < -0.39 is 37.2 Å². The van der Waals surface area contributed by atoms with Crippen molar-refractivity contribution in [3.8, 4) is 17.6 Å². The summed E-state index contributed by atoms with van der Waals surface area (Å²) in [5.41, 5.74) is 25.1. The van der Waals surface area contributed by atoms with Crippen LogP contribution in [-0.2, 0) is 23.5 Å². The first-order valence-corrected chi connectivity index (χ1v) is 15.1. The second-order valence-electron chi connectivity index (χ2n) is 10.1. The molecular weight excluding hydrogens is 661 g/mol. The highest BCUT2D eigenvalue weighted by molar-refractivity contribution is 7.09. The molecule has 2 amide bonds. The predicted octanol–water partition coefficient (Wildman–Crippen LogP) is 1.87. The van der Waals surface area contributed by atoms with E-state index in [4.69, 9.17) is 40.3 Å². The number of carbonyl (C=O) groups excluding carboxylic acids is 2. The van der Waals surface area contributed by atoms with Crippen LogP contribution in [0.25, 0.3) is 31.9 Å². The maximum atomic E-state index is 12.5. The minimum atomic E-state index is -1.12. The number of nitrogen functional groups attached to an aromatic ring is 1. The molecule has 1 aromatic carbocycles. The maximum absolute atomic E-state index is 12.5. The number of amides is 2. The molecule has 20 nitrogen and oxygen atoms in total. The molecule has 4 rings (SSSR count). The van der Waals surface area contributed by atoms with Gasteiger partial charge in [0.05, 0.1) is 36.9 Å². The van der Waals surface area contributed by atoms with Gasteiger partial charge in [-0.05, 0) is 36.3 Å². The Morgan fingerprint density at radius 3 is 2.92 bits per heavy atom. The van der Waals surface area contributed by atoms with Crippen molar-refractivity contribution in [1.29, 1.82) is 0 Å². The Labute approximate surface area is 281 Å². The zero-order valence-corrected chi connectivity index (χ0v) is 27.4. The van der Waals surface area contributed by atoms with Crippen molar-refractivity contribution >= 4 is 38.1 Å². The van der Waals surface area contributed by atoms with E-state index >= 15 is 0 Å². The van der Waals surface area contributed by atoms with Gasteiger partial charge >= 0.3 is 0 Å². The van der Waals surface area contributed by atoms with Gasteiger partial charge < -0.3 is 49.7 Å². The lowest BCUT2D eigenvalue weighted by atomic mass is 10.2. The average Bonchev–Trinajstić information content (AvgIpc) is 3.68. The fourth-order valence-electron chi connectivity index (χ4n) is 4.71. The third-order valence-electron chi connectivity index (χ3n) is 6.90. The van der Waals surface area contributed by atoms with Gasteiger partial charge in [-0.15, -0.1) is 0 Å². The number of azide groups is 2. The Balaban J connectivity index is 1.34. The predicted molar refractivity (Wildman–Crippen MR) is 177 cm³/mol. The van der Waals surface area contributed by atoms with Crippen molar-refractivity contribution in [2.75, 3.05) is 52.5 Å². The second kappa shape index (κ2) is 19.0. The first-order chi connectivity index (χ1) is 23.9. The first-order valence-electron chi connectivity index (χ1n) is 14.7. The zero-order chi connectivity index (χ0) is 35.0. The highest BCUT2D eigenvalue weighted by atomic mass is 31.0. The molecule has 0 bridgehead atoms. The highest BCUT2D eigenvalue weighted by Gasteiger charge is 2.38. The van der Waals surface area contributed by atoms with E-state index in [1.807, 2.05) is 0 Å². The largest absolute Gasteiger partial charge is 0.491 e. The van der Waals surface area contributed by atoms with Gasteiger partial charge in [-0.2, -0.15) is 0 Å². The number of benzene rings is 1. The van der Waals surface area contributed by atoms with E-state index in [0.717, 1.165) is 0 Å². The summed E-state index contributed by atoms with van der Waals surface area (Å²) in [4.78, 5) is 38.6. The lowest BCUT2D eigenvalue weighted by Crippen LogP contribution is -2.32. The van der Waals surface area contributed by atoms with Crippen LogP contribution in [0.15, 0.2) is 47.0 Å². The van der Waals surface area contributed by atoms with Gasteiger partial charge in [-0.3, -0.25) is 9.59 Å². The first kappa shape index (κ1) is 36.6. The molecule has 258 valence electrons. The summed E-state index contributed by atoms with van der Waals surface area (Å²) in [6.45, 7) is -0.337. The molecule has 1 aliphatic rings. The zero-order valence-electron chi connectivity index (χ0n) is 26.3. The van der Waals surface area contributed by atoms with Gasteiger partial charge in [-0.25, -0.2) is 9.97 Å². The quantitative estimate of drug-likeness (QED) is 0.0395. The lowest BCUT2D eigenvalue weighted by Gasteiger charge is -2.17. The van der Waals surface area contributed by atoms with Crippen LogP contribution in [0.2, 0.25) is 0 Å². The molecule has 1 aliphatic heterocycles. The van der Waals surface area contributed by atoms with E-state index in [0.29, 0.717) is 41.0 Å². The number of nitrogens with one attached hydrogen (secondary N) is 3. The second-order valence-corrected chi connectivity index (χ2v) is 10.4. The van der Waals surface area contributed by atoms with Gasteiger partial charge in [0.2, 0.25) is 5.91 Å². The van der Waals surface area contributed by atoms with Crippen molar-refractivity contribution < 1.29 is 33.1 Å². The number of carbonyl (C=O) groups is 2. The van der Waals surface area contributed by atoms with Crippen LogP contribution in [0.5, 0.6) is 5.75 Å². The number of ether oxygens (including phenoxy) is 4. The molecule has 1 saturated heterocycles. The van der Waals surface area contributed by atoms with Crippen molar-refractivity contribution in [2.45, 2.75) is 31.1 Å². The third-order valence-corrected chi connectivity index (χ3v) is 7.09. The molecule has 1 fully saturated rings. The molecule has 49 heavy (non-hydrogen) atoms. The fourth-order valence-corrected chi connectivity index (χ4v) is 4.90. The Kier molecular flexibility index (Phi) is 14.2. The number of aromatic nitrogens is 3. The molecule has 0 aliphatic carbocycles. The highest BCUT2D eigenvalue weighted by Crippen LogP contribution is 2.35. The number of hydrogen-bond acceptors (Lipinski definition) is 13. The van der Waals surface area contributed by atoms with E-state index in [1.165, 1.54) is 12.4 Å². The summed E-state index contributed by atoms with van der Waals surface area (Å²) >= 11 is 0. The van der Waals surface area contributed by atoms with Gasteiger partial charge in [0.15, 0.2) is 6.23 Å². The summed E-state index contributed by atoms with van der Waals surface area (Å²) in [7, 11) is 3.87. The van der Waals surface area contributed by atoms with Gasteiger partial charge in [-0.1, -0.05) is 28.1 Å². The molecule has 0 spiro atoms. The minimum Gasteiger partial charge on any atom is -0.491 e. The molecule has 5 N–H and O–H groups in total. The maximum Gasteiger partial charge on any atom is 0.252 e. The molecule has 2 aromatic heterocycles. The van der Waals surface area contributed by atoms with Crippen molar-refractivity contribution in [3.63, 3.8) is 0 Å². The number of fused-ring (bicyclic) bond motifs is 1. The Morgan fingerprint density at radius 2 is 2.14 bits per heavy atom. The van der Waals surface area contributed by atoms with Crippen LogP contribution in [0, 0.1) is 11.8 Å². The molecule has 3 aromatic rings. The van der Waals surface area contributed by atoms with Crippen LogP contribution < -0.4 is 26.4 Å². The Hall–Kier alpha value is -5.21. The van der Waals surface area contributed by atoms with E-state index in [2.05, 4.69) is 67.3 Å². The standard InChI is InChI=1S/C28H34N13O7P/c1-32-14-36-28(43)17-4-2-6-19(8-17)44-13-23(38-40-31)45-12-22(42)33-7-3-5-18-10-41(27-25(18)26(29)34-15-35-27)24-9-20(46-16-37-39-30)21(48-24)11-47-49/h2,4,6,8,10,15,20-21,23-24,32H,7,9,11-14,16,49H2,1H3,(H,33,42)(H,36,43)(H2,29,34,35). The molecule has 0 saturated carbocycles. The monoisotopic (exact) mass is 695 g/mol. The third kappa shape index (κ3) is 10.4. The Bertz CT molecular complexity index is 1770. The number of anilines is 1. The Morgan fingerprint density at radius 1 is 1.29 bits per heavy atom. The van der Waals surface area contributed by atoms with E-state index in [1.54, 1.807) is 36.0 Å². The van der Waals surface area contributed by atoms with Crippen molar-refractivity contribution in [1.82, 2.24) is 30.5 Å². The molecule has 5 unspecified atom stereocenters. The van der Waals surface area contributed by atoms with Gasteiger partial charge in [0, 0.05) is 37.5 Å². The van der Waals surface area contributed by atoms with Crippen LogP contribution in [0.3, 0.4) is 0 Å². The number of nitrogens with two attached hydrogens (primary N) is 1. The normalized spacial score (nSPS) is 17.2. The lowest BCUT2D eigenvalue weighted by molar-refractivity contribution is -0.127. The smallest absolute Gasteiger partial charge is 0.252 e. The number of nitrogens with zero attached hydrogens (tertiary/aromatic N) is 9. The summed E-state index contributed by atoms with van der Waals surface area (Å²) in [5.74, 6) is 5.60. The van der Waals surface area contributed by atoms with Gasteiger partial charge in [0.1, 0.15) is 55.8 Å². The SMILES string of the molecule is CNCNC(=O)c1cccc(OCC(N=[N+]=[N-])OCC(=O)NCC#Cc2cn(C3CC(OCN=[N+]=[N-])C(COP)O3)c3ncnc(N)c23)c1. The van der Waals surface area contributed by atoms with Crippen LogP contribution in [0.4, 0.5) is 5.82 Å². The van der Waals surface area contributed by atoms with Crippen molar-refractivity contribution in [3.05, 3.63) is 68.8 Å². The van der Waals surface area contributed by atoms with Gasteiger partial charge in [0.25, 0.3) is 5.91 Å². The molecule has 0 radical (unpaired) electrons. The molecule has 3 heterocycles. The summed E-state index contributed by atoms with van der Waals surface area (Å²) < 4.78 is 29.8. The number of hydrogen-bond donors (Lipinski definition) is 4. The molecule has 21 heteroatoms. The number of rotatable bonds is 17. The average molecular weight is 696 g/mol. The minimum absolute atomic E-state index is 0.0453. The van der Waals surface area contributed by atoms with E-state index in [-0.39, 0.29) is 38.2 Å². The summed E-state index contributed by atoms with van der Waals surface area (Å²) in [6.07, 6.45) is 0.943. The molecular formula is C28H34N13O7P. The topological polar surface area (TPSA) is 271 Å². The van der Waals surface area contributed by atoms with E-state index in [9.17, 15) is 9.59 Å². The van der Waals surface area contributed by atoms with Crippen LogP contribution >= 0.6 is 9.47 Å². The van der Waals surface area contributed by atoms with Crippen molar-refractivity contribution in [2.24, 2.45) is 10.2 Å². The summed E-state index contributed by atoms with van der Waals surface area (Å²) in [6, 6.07) is 6.42.